The third kappa shape index (κ3) is 4.72. The van der Waals surface area contributed by atoms with Crippen molar-refractivity contribution in [2.45, 2.75) is 10.9 Å². The van der Waals surface area contributed by atoms with Crippen molar-refractivity contribution < 1.29 is 13.9 Å². The number of carbonyl (C=O) groups excluding carboxylic acids is 1. The summed E-state index contributed by atoms with van der Waals surface area (Å²) in [6.45, 7) is 0. The van der Waals surface area contributed by atoms with Gasteiger partial charge in [0.1, 0.15) is 11.6 Å². The Kier molecular flexibility index (Phi) is 6.08. The topological polar surface area (TPSA) is 52.1 Å². The van der Waals surface area contributed by atoms with E-state index in [0.717, 1.165) is 5.56 Å². The van der Waals surface area contributed by atoms with E-state index in [2.05, 4.69) is 9.97 Å². The van der Waals surface area contributed by atoms with E-state index in [0.29, 0.717) is 15.9 Å². The number of para-hydroxylation sites is 1. The molecular weight excluding hydrogens is 398 g/mol. The van der Waals surface area contributed by atoms with Crippen LogP contribution >= 0.6 is 35.0 Å². The summed E-state index contributed by atoms with van der Waals surface area (Å²) >= 11 is 13.3. The predicted octanol–water partition coefficient (Wildman–Crippen LogP) is 5.43. The fourth-order valence-electron chi connectivity index (χ4n) is 1.97. The Balaban J connectivity index is 1.73. The van der Waals surface area contributed by atoms with Gasteiger partial charge in [0.15, 0.2) is 10.9 Å². The molecule has 0 aliphatic rings. The molecule has 3 rings (SSSR count). The number of benzene rings is 2. The average Bonchev–Trinajstić information content (AvgIpc) is 2.64. The molecule has 0 radical (unpaired) electrons. The van der Waals surface area contributed by atoms with E-state index in [-0.39, 0.29) is 22.3 Å². The molecule has 0 aliphatic heterocycles. The lowest BCUT2D eigenvalue weighted by atomic mass is 10.2. The van der Waals surface area contributed by atoms with Crippen LogP contribution in [0.25, 0.3) is 0 Å². The predicted molar refractivity (Wildman–Crippen MR) is 99.4 cm³/mol. The van der Waals surface area contributed by atoms with Gasteiger partial charge in [-0.1, -0.05) is 59.2 Å². The third-order valence-corrected chi connectivity index (χ3v) is 4.76. The molecule has 0 atom stereocenters. The molecule has 0 saturated carbocycles. The van der Waals surface area contributed by atoms with Gasteiger partial charge in [-0.2, -0.15) is 0 Å². The lowest BCUT2D eigenvalue weighted by molar-refractivity contribution is 0.0727. The lowest BCUT2D eigenvalue weighted by Crippen LogP contribution is -2.12. The van der Waals surface area contributed by atoms with E-state index in [1.807, 2.05) is 0 Å². The molecule has 0 amide bonds. The first kappa shape index (κ1) is 18.6. The monoisotopic (exact) mass is 408 g/mol. The van der Waals surface area contributed by atoms with Crippen molar-refractivity contribution >= 4 is 40.9 Å². The van der Waals surface area contributed by atoms with E-state index >= 15 is 0 Å². The van der Waals surface area contributed by atoms with Crippen molar-refractivity contribution in [2.24, 2.45) is 0 Å². The van der Waals surface area contributed by atoms with Crippen molar-refractivity contribution in [3.63, 3.8) is 0 Å². The number of halogens is 3. The normalized spacial score (nSPS) is 10.6. The smallest absolute Gasteiger partial charge is 0.364 e. The number of thioether (sulfide) groups is 1. The molecule has 132 valence electrons. The Morgan fingerprint density at radius 1 is 1.08 bits per heavy atom. The van der Waals surface area contributed by atoms with Crippen LogP contribution in [0.3, 0.4) is 0 Å². The Morgan fingerprint density at radius 3 is 2.54 bits per heavy atom. The number of carbonyl (C=O) groups is 1. The lowest BCUT2D eigenvalue weighted by Gasteiger charge is -2.07. The number of ether oxygens (including phenoxy) is 1. The molecule has 0 unspecified atom stereocenters. The van der Waals surface area contributed by atoms with Crippen LogP contribution in [0.5, 0.6) is 5.75 Å². The summed E-state index contributed by atoms with van der Waals surface area (Å²) in [5, 5.41) is 0.731. The van der Waals surface area contributed by atoms with Gasteiger partial charge in [-0.15, -0.1) is 0 Å². The molecular formula is C18H11Cl2FN2O2S. The molecule has 8 heteroatoms. The molecule has 1 aromatic heterocycles. The molecule has 0 bridgehead atoms. The molecule has 0 N–H and O–H groups in total. The van der Waals surface area contributed by atoms with Gasteiger partial charge in [0, 0.05) is 5.75 Å². The standard InChI is InChI=1S/C18H11Cl2FN2O2S/c19-13-3-1-2-4-15(13)25-17(24)16-14(20)9-22-18(23-16)26-10-11-5-7-12(21)8-6-11/h1-9H,10H2. The number of rotatable bonds is 5. The maximum Gasteiger partial charge on any atom is 0.364 e. The van der Waals surface area contributed by atoms with Crippen LogP contribution in [0.4, 0.5) is 4.39 Å². The number of hydrogen-bond acceptors (Lipinski definition) is 5. The SMILES string of the molecule is O=C(Oc1ccccc1Cl)c1nc(SCc2ccc(F)cc2)ncc1Cl. The summed E-state index contributed by atoms with van der Waals surface area (Å²) in [7, 11) is 0. The number of esters is 1. The first-order valence-corrected chi connectivity index (χ1v) is 9.13. The minimum absolute atomic E-state index is 0.0526. The van der Waals surface area contributed by atoms with Crippen LogP contribution < -0.4 is 4.74 Å². The van der Waals surface area contributed by atoms with Crippen LogP contribution in [0, 0.1) is 5.82 Å². The Hall–Kier alpha value is -2.15. The number of hydrogen-bond donors (Lipinski definition) is 0. The van der Waals surface area contributed by atoms with Gasteiger partial charge in [0.2, 0.25) is 0 Å². The maximum atomic E-state index is 12.9. The van der Waals surface area contributed by atoms with Gasteiger partial charge in [0.05, 0.1) is 16.2 Å². The fraction of sp³-hybridized carbons (Fsp3) is 0.0556. The highest BCUT2D eigenvalue weighted by Gasteiger charge is 2.18. The van der Waals surface area contributed by atoms with E-state index in [9.17, 15) is 9.18 Å². The summed E-state index contributed by atoms with van der Waals surface area (Å²) in [4.78, 5) is 20.6. The Labute approximate surface area is 163 Å². The minimum Gasteiger partial charge on any atom is -0.420 e. The minimum atomic E-state index is -0.728. The van der Waals surface area contributed by atoms with E-state index in [1.165, 1.54) is 30.1 Å². The zero-order valence-corrected chi connectivity index (χ0v) is 15.5. The Bertz CT molecular complexity index is 939. The summed E-state index contributed by atoms with van der Waals surface area (Å²) in [6, 6.07) is 12.7. The second kappa shape index (κ2) is 8.49. The van der Waals surface area contributed by atoms with Crippen LogP contribution in [-0.2, 0) is 5.75 Å². The van der Waals surface area contributed by atoms with Crippen molar-refractivity contribution in [2.75, 3.05) is 0 Å². The quantitative estimate of drug-likeness (QED) is 0.243. The Morgan fingerprint density at radius 2 is 1.81 bits per heavy atom. The molecule has 2 aromatic carbocycles. The van der Waals surface area contributed by atoms with E-state index in [1.54, 1.807) is 36.4 Å². The summed E-state index contributed by atoms with van der Waals surface area (Å²) in [6.07, 6.45) is 1.34. The van der Waals surface area contributed by atoms with E-state index in [4.69, 9.17) is 27.9 Å². The van der Waals surface area contributed by atoms with Gasteiger partial charge in [-0.05, 0) is 29.8 Å². The second-order valence-corrected chi connectivity index (χ2v) is 6.84. The van der Waals surface area contributed by atoms with Crippen LogP contribution in [-0.4, -0.2) is 15.9 Å². The van der Waals surface area contributed by atoms with Gasteiger partial charge in [0.25, 0.3) is 0 Å². The van der Waals surface area contributed by atoms with Crippen molar-refractivity contribution in [3.05, 3.63) is 81.8 Å². The first-order valence-electron chi connectivity index (χ1n) is 7.39. The van der Waals surface area contributed by atoms with Crippen LogP contribution in [0.2, 0.25) is 10.0 Å². The highest BCUT2D eigenvalue weighted by atomic mass is 35.5. The highest BCUT2D eigenvalue weighted by molar-refractivity contribution is 7.98. The highest BCUT2D eigenvalue weighted by Crippen LogP contribution is 2.26. The van der Waals surface area contributed by atoms with Crippen molar-refractivity contribution in [3.8, 4) is 5.75 Å². The fourth-order valence-corrected chi connectivity index (χ4v) is 3.08. The first-order chi connectivity index (χ1) is 12.5. The molecule has 4 nitrogen and oxygen atoms in total. The molecule has 0 aliphatic carbocycles. The maximum absolute atomic E-state index is 12.9. The third-order valence-electron chi connectivity index (χ3n) is 3.24. The van der Waals surface area contributed by atoms with Gasteiger partial charge < -0.3 is 4.74 Å². The molecule has 0 saturated heterocycles. The summed E-state index contributed by atoms with van der Waals surface area (Å²) < 4.78 is 18.2. The summed E-state index contributed by atoms with van der Waals surface area (Å²) in [5.74, 6) is -0.296. The van der Waals surface area contributed by atoms with Crippen molar-refractivity contribution in [1.29, 1.82) is 0 Å². The molecule has 0 spiro atoms. The van der Waals surface area contributed by atoms with Gasteiger partial charge in [-0.3, -0.25) is 0 Å². The molecule has 1 heterocycles. The zero-order chi connectivity index (χ0) is 18.5. The summed E-state index contributed by atoms with van der Waals surface area (Å²) in [5.41, 5.74) is 0.846. The van der Waals surface area contributed by atoms with E-state index < -0.39 is 5.97 Å². The zero-order valence-electron chi connectivity index (χ0n) is 13.2. The van der Waals surface area contributed by atoms with Gasteiger partial charge >= 0.3 is 5.97 Å². The van der Waals surface area contributed by atoms with Crippen LogP contribution in [0.1, 0.15) is 16.1 Å². The second-order valence-electron chi connectivity index (χ2n) is 5.08. The average molecular weight is 409 g/mol. The van der Waals surface area contributed by atoms with Gasteiger partial charge in [-0.25, -0.2) is 19.2 Å². The number of aromatic nitrogens is 2. The van der Waals surface area contributed by atoms with Crippen molar-refractivity contribution in [1.82, 2.24) is 9.97 Å². The molecule has 0 fully saturated rings. The van der Waals surface area contributed by atoms with Crippen LogP contribution in [0.15, 0.2) is 59.9 Å². The number of nitrogens with zero attached hydrogens (tertiary/aromatic N) is 2. The molecule has 3 aromatic rings. The largest absolute Gasteiger partial charge is 0.420 e. The molecule has 26 heavy (non-hydrogen) atoms.